The fourth-order valence-corrected chi connectivity index (χ4v) is 3.32. The van der Waals surface area contributed by atoms with Gasteiger partial charge in [0.2, 0.25) is 0 Å². The van der Waals surface area contributed by atoms with Crippen molar-refractivity contribution >= 4 is 0 Å². The van der Waals surface area contributed by atoms with Gasteiger partial charge in [-0.15, -0.1) is 0 Å². The van der Waals surface area contributed by atoms with Crippen LogP contribution in [0.5, 0.6) is 5.75 Å². The molecule has 2 N–H and O–H groups in total. The van der Waals surface area contributed by atoms with Crippen LogP contribution in [-0.4, -0.2) is 36.2 Å². The van der Waals surface area contributed by atoms with Crippen LogP contribution in [0.15, 0.2) is 18.2 Å². The van der Waals surface area contributed by atoms with Crippen molar-refractivity contribution in [3.63, 3.8) is 0 Å². The first-order chi connectivity index (χ1) is 8.72. The van der Waals surface area contributed by atoms with Crippen LogP contribution < -0.4 is 5.32 Å². The molecule has 2 unspecified atom stereocenters. The summed E-state index contributed by atoms with van der Waals surface area (Å²) in [6.45, 7) is 2.34. The third kappa shape index (κ3) is 2.38. The Hall–Kier alpha value is -1.06. The number of hydrogen-bond acceptors (Lipinski definition) is 3. The average molecular weight is 246 g/mol. The van der Waals surface area contributed by atoms with Gasteiger partial charge in [0.1, 0.15) is 5.75 Å². The van der Waals surface area contributed by atoms with Gasteiger partial charge in [0.25, 0.3) is 0 Å². The first-order valence-corrected chi connectivity index (χ1v) is 6.99. The molecule has 18 heavy (non-hydrogen) atoms. The Kier molecular flexibility index (Phi) is 3.27. The molecule has 2 aliphatic rings. The summed E-state index contributed by atoms with van der Waals surface area (Å²) in [5, 5.41) is 13.5. The van der Waals surface area contributed by atoms with E-state index in [1.54, 1.807) is 0 Å². The zero-order valence-electron chi connectivity index (χ0n) is 11.0. The Labute approximate surface area is 109 Å². The normalized spacial score (nSPS) is 28.3. The number of phenols is 1. The molecule has 3 nitrogen and oxygen atoms in total. The SMILES string of the molecule is CN1CCC(NC2CCCc3ccc(O)cc32)C1. The van der Waals surface area contributed by atoms with E-state index in [0.717, 1.165) is 13.0 Å². The van der Waals surface area contributed by atoms with Gasteiger partial charge in [-0.2, -0.15) is 0 Å². The molecule has 0 aromatic heterocycles. The second-order valence-corrected chi connectivity index (χ2v) is 5.74. The van der Waals surface area contributed by atoms with Gasteiger partial charge >= 0.3 is 0 Å². The fraction of sp³-hybridized carbons (Fsp3) is 0.600. The third-order valence-electron chi connectivity index (χ3n) is 4.27. The van der Waals surface area contributed by atoms with Crippen LogP contribution in [0.25, 0.3) is 0 Å². The zero-order chi connectivity index (χ0) is 12.5. The van der Waals surface area contributed by atoms with Gasteiger partial charge in [-0.25, -0.2) is 0 Å². The highest BCUT2D eigenvalue weighted by Crippen LogP contribution is 2.32. The maximum atomic E-state index is 9.67. The van der Waals surface area contributed by atoms with Gasteiger partial charge in [0.15, 0.2) is 0 Å². The van der Waals surface area contributed by atoms with Crippen molar-refractivity contribution in [2.45, 2.75) is 37.8 Å². The van der Waals surface area contributed by atoms with Crippen LogP contribution in [0.1, 0.15) is 36.4 Å². The largest absolute Gasteiger partial charge is 0.508 e. The van der Waals surface area contributed by atoms with Crippen molar-refractivity contribution in [2.75, 3.05) is 20.1 Å². The molecule has 1 aliphatic carbocycles. The Morgan fingerprint density at radius 3 is 3.00 bits per heavy atom. The fourth-order valence-electron chi connectivity index (χ4n) is 3.32. The van der Waals surface area contributed by atoms with Gasteiger partial charge in [-0.1, -0.05) is 6.07 Å². The number of rotatable bonds is 2. The highest BCUT2D eigenvalue weighted by Gasteiger charge is 2.26. The molecule has 1 aromatic rings. The topological polar surface area (TPSA) is 35.5 Å². The van der Waals surface area contributed by atoms with E-state index in [1.165, 1.54) is 36.9 Å². The zero-order valence-corrected chi connectivity index (χ0v) is 11.0. The maximum Gasteiger partial charge on any atom is 0.115 e. The number of likely N-dealkylation sites (N-methyl/N-ethyl adjacent to an activating group) is 1. The molecule has 3 heteroatoms. The molecule has 1 fully saturated rings. The molecular weight excluding hydrogens is 224 g/mol. The molecule has 0 amide bonds. The number of hydrogen-bond donors (Lipinski definition) is 2. The average Bonchev–Trinajstić information content (AvgIpc) is 2.76. The van der Waals surface area contributed by atoms with E-state index in [0.29, 0.717) is 17.8 Å². The lowest BCUT2D eigenvalue weighted by Crippen LogP contribution is -2.36. The van der Waals surface area contributed by atoms with Crippen LogP contribution in [0.2, 0.25) is 0 Å². The van der Waals surface area contributed by atoms with Gasteiger partial charge in [-0.05, 0) is 62.5 Å². The summed E-state index contributed by atoms with van der Waals surface area (Å²) in [5.74, 6) is 0.394. The summed E-state index contributed by atoms with van der Waals surface area (Å²) in [4.78, 5) is 2.38. The monoisotopic (exact) mass is 246 g/mol. The predicted molar refractivity (Wildman–Crippen MR) is 72.8 cm³/mol. The molecule has 1 saturated heterocycles. The Bertz CT molecular complexity index is 433. The van der Waals surface area contributed by atoms with Gasteiger partial charge in [0, 0.05) is 18.6 Å². The van der Waals surface area contributed by atoms with E-state index < -0.39 is 0 Å². The minimum atomic E-state index is 0.394. The molecule has 98 valence electrons. The smallest absolute Gasteiger partial charge is 0.115 e. The number of phenolic OH excluding ortho intramolecular Hbond substituents is 1. The van der Waals surface area contributed by atoms with Crippen LogP contribution >= 0.6 is 0 Å². The molecule has 0 spiro atoms. The van der Waals surface area contributed by atoms with Crippen molar-refractivity contribution in [3.8, 4) is 5.75 Å². The first-order valence-electron chi connectivity index (χ1n) is 6.99. The van der Waals surface area contributed by atoms with Gasteiger partial charge in [-0.3, -0.25) is 0 Å². The molecule has 3 rings (SSSR count). The lowest BCUT2D eigenvalue weighted by molar-refractivity contribution is 0.365. The van der Waals surface area contributed by atoms with E-state index >= 15 is 0 Å². The van der Waals surface area contributed by atoms with Crippen molar-refractivity contribution in [1.29, 1.82) is 0 Å². The molecular formula is C15H22N2O. The van der Waals surface area contributed by atoms with Crippen molar-refractivity contribution in [2.24, 2.45) is 0 Å². The van der Waals surface area contributed by atoms with Crippen molar-refractivity contribution in [3.05, 3.63) is 29.3 Å². The van der Waals surface area contributed by atoms with E-state index in [4.69, 9.17) is 0 Å². The molecule has 2 atom stereocenters. The summed E-state index contributed by atoms with van der Waals surface area (Å²) in [7, 11) is 2.18. The summed E-state index contributed by atoms with van der Waals surface area (Å²) < 4.78 is 0. The molecule has 0 saturated carbocycles. The second kappa shape index (κ2) is 4.90. The number of likely N-dealkylation sites (tertiary alicyclic amines) is 1. The number of aromatic hydroxyl groups is 1. The molecule has 0 bridgehead atoms. The molecule has 1 aromatic carbocycles. The number of aryl methyl sites for hydroxylation is 1. The van der Waals surface area contributed by atoms with E-state index in [9.17, 15) is 5.11 Å². The number of fused-ring (bicyclic) bond motifs is 1. The maximum absolute atomic E-state index is 9.67. The summed E-state index contributed by atoms with van der Waals surface area (Å²) in [5.41, 5.74) is 2.72. The number of benzene rings is 1. The van der Waals surface area contributed by atoms with Gasteiger partial charge < -0.3 is 15.3 Å². The van der Waals surface area contributed by atoms with Crippen molar-refractivity contribution in [1.82, 2.24) is 10.2 Å². The van der Waals surface area contributed by atoms with Crippen LogP contribution in [0.4, 0.5) is 0 Å². The molecule has 1 aliphatic heterocycles. The highest BCUT2D eigenvalue weighted by molar-refractivity contribution is 5.38. The molecule has 0 radical (unpaired) electrons. The van der Waals surface area contributed by atoms with Gasteiger partial charge in [0.05, 0.1) is 0 Å². The highest BCUT2D eigenvalue weighted by atomic mass is 16.3. The Morgan fingerprint density at radius 2 is 2.22 bits per heavy atom. The summed E-state index contributed by atoms with van der Waals surface area (Å²) in [6, 6.07) is 6.87. The second-order valence-electron chi connectivity index (χ2n) is 5.74. The van der Waals surface area contributed by atoms with E-state index in [-0.39, 0.29) is 0 Å². The minimum absolute atomic E-state index is 0.394. The van der Waals surface area contributed by atoms with Crippen molar-refractivity contribution < 1.29 is 5.11 Å². The number of nitrogens with one attached hydrogen (secondary N) is 1. The predicted octanol–water partition coefficient (Wildman–Crippen LogP) is 2.06. The van der Waals surface area contributed by atoms with E-state index in [1.807, 2.05) is 12.1 Å². The van der Waals surface area contributed by atoms with Crippen LogP contribution in [0.3, 0.4) is 0 Å². The standard InChI is InChI=1S/C15H22N2O/c1-17-8-7-12(10-17)16-15-4-2-3-11-5-6-13(18)9-14(11)15/h5-6,9,12,15-16,18H,2-4,7-8,10H2,1H3. The first kappa shape index (κ1) is 12.0. The van der Waals surface area contributed by atoms with Crippen LogP contribution in [0, 0.1) is 0 Å². The minimum Gasteiger partial charge on any atom is -0.508 e. The quantitative estimate of drug-likeness (QED) is 0.838. The Morgan fingerprint density at radius 1 is 1.33 bits per heavy atom. The number of nitrogens with zero attached hydrogens (tertiary/aromatic N) is 1. The summed E-state index contributed by atoms with van der Waals surface area (Å²) in [6.07, 6.45) is 4.83. The van der Waals surface area contributed by atoms with Crippen LogP contribution in [-0.2, 0) is 6.42 Å². The molecule has 1 heterocycles. The lowest BCUT2D eigenvalue weighted by atomic mass is 9.87. The van der Waals surface area contributed by atoms with E-state index in [2.05, 4.69) is 23.3 Å². The third-order valence-corrected chi connectivity index (χ3v) is 4.27. The Balaban J connectivity index is 1.76. The lowest BCUT2D eigenvalue weighted by Gasteiger charge is -2.29. The summed E-state index contributed by atoms with van der Waals surface area (Å²) >= 11 is 0.